The maximum atomic E-state index is 5.94. The molecule has 0 aliphatic heterocycles. The molecule has 0 amide bonds. The van der Waals surface area contributed by atoms with Crippen LogP contribution in [0.1, 0.15) is 38.3 Å². The molecule has 102 valence electrons. The van der Waals surface area contributed by atoms with Gasteiger partial charge in [-0.2, -0.15) is 0 Å². The fourth-order valence-corrected chi connectivity index (χ4v) is 2.40. The molecule has 0 spiro atoms. The number of benzene rings is 1. The van der Waals surface area contributed by atoms with E-state index in [0.717, 1.165) is 18.0 Å². The summed E-state index contributed by atoms with van der Waals surface area (Å²) < 4.78 is 0. The van der Waals surface area contributed by atoms with Crippen LogP contribution in [0, 0.1) is 0 Å². The lowest BCUT2D eigenvalue weighted by Gasteiger charge is -2.25. The lowest BCUT2D eigenvalue weighted by molar-refractivity contribution is 0.323. The van der Waals surface area contributed by atoms with Crippen LogP contribution in [0.5, 0.6) is 0 Å². The van der Waals surface area contributed by atoms with Crippen LogP contribution in [0.15, 0.2) is 24.3 Å². The first-order valence-corrected chi connectivity index (χ1v) is 7.07. The highest BCUT2D eigenvalue weighted by atomic mass is 35.5. The van der Waals surface area contributed by atoms with Crippen LogP contribution in [0.4, 0.5) is 0 Å². The summed E-state index contributed by atoms with van der Waals surface area (Å²) >= 11 is 5.94. The molecule has 0 aliphatic rings. The highest BCUT2D eigenvalue weighted by Gasteiger charge is 2.13. The molecule has 0 radical (unpaired) electrons. The second kappa shape index (κ2) is 7.78. The second-order valence-corrected chi connectivity index (χ2v) is 5.66. The van der Waals surface area contributed by atoms with Crippen LogP contribution >= 0.6 is 11.6 Å². The van der Waals surface area contributed by atoms with Gasteiger partial charge in [0.05, 0.1) is 0 Å². The third kappa shape index (κ3) is 5.38. The van der Waals surface area contributed by atoms with Gasteiger partial charge in [-0.25, -0.2) is 0 Å². The molecule has 1 rings (SSSR count). The van der Waals surface area contributed by atoms with Crippen molar-refractivity contribution in [1.82, 2.24) is 10.2 Å². The highest BCUT2D eigenvalue weighted by molar-refractivity contribution is 6.30. The number of hydrogen-bond acceptors (Lipinski definition) is 2. The third-order valence-electron chi connectivity index (χ3n) is 2.97. The highest BCUT2D eigenvalue weighted by Crippen LogP contribution is 2.21. The fraction of sp³-hybridized carbons (Fsp3) is 0.600. The number of hydrogen-bond donors (Lipinski definition) is 1. The molecule has 18 heavy (non-hydrogen) atoms. The molecule has 0 saturated heterocycles. The molecule has 2 nitrogen and oxygen atoms in total. The summed E-state index contributed by atoms with van der Waals surface area (Å²) in [4.78, 5) is 2.21. The minimum absolute atomic E-state index is 0.419. The van der Waals surface area contributed by atoms with Crippen molar-refractivity contribution in [3.63, 3.8) is 0 Å². The molecule has 0 saturated carbocycles. The molecule has 0 fully saturated rings. The summed E-state index contributed by atoms with van der Waals surface area (Å²) in [5.74, 6) is 0. The normalized spacial score (nSPS) is 14.8. The zero-order chi connectivity index (χ0) is 13.5. The topological polar surface area (TPSA) is 15.3 Å². The Labute approximate surface area is 116 Å². The lowest BCUT2D eigenvalue weighted by Crippen LogP contribution is -2.38. The lowest BCUT2D eigenvalue weighted by atomic mass is 10.0. The van der Waals surface area contributed by atoms with Gasteiger partial charge in [0.25, 0.3) is 0 Å². The van der Waals surface area contributed by atoms with Crippen molar-refractivity contribution in [2.24, 2.45) is 0 Å². The van der Waals surface area contributed by atoms with E-state index in [-0.39, 0.29) is 0 Å². The van der Waals surface area contributed by atoms with Gasteiger partial charge < -0.3 is 10.2 Å². The number of nitrogens with one attached hydrogen (secondary N) is 1. The minimum atomic E-state index is 0.419. The fourth-order valence-electron chi connectivity index (χ4n) is 2.27. The quantitative estimate of drug-likeness (QED) is 0.811. The summed E-state index contributed by atoms with van der Waals surface area (Å²) in [6, 6.07) is 9.08. The monoisotopic (exact) mass is 268 g/mol. The Morgan fingerprint density at radius 3 is 2.33 bits per heavy atom. The van der Waals surface area contributed by atoms with Crippen molar-refractivity contribution in [3.05, 3.63) is 34.9 Å². The summed E-state index contributed by atoms with van der Waals surface area (Å²) in [6.45, 7) is 5.51. The van der Waals surface area contributed by atoms with E-state index in [1.165, 1.54) is 12.0 Å². The van der Waals surface area contributed by atoms with E-state index in [9.17, 15) is 0 Å². The molecule has 3 heteroatoms. The largest absolute Gasteiger partial charge is 0.308 e. The van der Waals surface area contributed by atoms with E-state index in [2.05, 4.69) is 50.3 Å². The third-order valence-corrected chi connectivity index (χ3v) is 3.23. The van der Waals surface area contributed by atoms with Crippen molar-refractivity contribution >= 4 is 11.6 Å². The van der Waals surface area contributed by atoms with Crippen LogP contribution in [-0.4, -0.2) is 31.6 Å². The molecule has 2 atom stereocenters. The van der Waals surface area contributed by atoms with E-state index >= 15 is 0 Å². The van der Waals surface area contributed by atoms with E-state index in [1.807, 2.05) is 12.1 Å². The molecule has 1 aromatic rings. The van der Waals surface area contributed by atoms with Crippen LogP contribution in [-0.2, 0) is 0 Å². The predicted molar refractivity (Wildman–Crippen MR) is 80.3 cm³/mol. The van der Waals surface area contributed by atoms with Gasteiger partial charge in [-0.15, -0.1) is 0 Å². The molecular weight excluding hydrogens is 244 g/mol. The van der Waals surface area contributed by atoms with Crippen molar-refractivity contribution in [1.29, 1.82) is 0 Å². The number of rotatable bonds is 7. The van der Waals surface area contributed by atoms with Gasteiger partial charge in [0.15, 0.2) is 0 Å². The standard InChI is InChI=1S/C15H25ClN2/c1-5-6-15(17-12(2)11-18(3)4)13-7-9-14(16)10-8-13/h7-10,12,15,17H,5-6,11H2,1-4H3. The predicted octanol–water partition coefficient (Wildman–Crippen LogP) is 3.72. The van der Waals surface area contributed by atoms with E-state index in [1.54, 1.807) is 0 Å². The first-order valence-electron chi connectivity index (χ1n) is 6.69. The Balaban J connectivity index is 2.67. The number of halogens is 1. The van der Waals surface area contributed by atoms with Gasteiger partial charge >= 0.3 is 0 Å². The van der Waals surface area contributed by atoms with E-state index in [0.29, 0.717) is 12.1 Å². The maximum absolute atomic E-state index is 5.94. The van der Waals surface area contributed by atoms with Crippen molar-refractivity contribution < 1.29 is 0 Å². The smallest absolute Gasteiger partial charge is 0.0406 e. The Kier molecular flexibility index (Phi) is 6.69. The first-order chi connectivity index (χ1) is 8.52. The molecule has 0 heterocycles. The number of likely N-dealkylation sites (N-methyl/N-ethyl adjacent to an activating group) is 1. The van der Waals surface area contributed by atoms with Crippen LogP contribution in [0.3, 0.4) is 0 Å². The van der Waals surface area contributed by atoms with E-state index < -0.39 is 0 Å². The zero-order valence-corrected chi connectivity index (χ0v) is 12.7. The number of nitrogens with zero attached hydrogens (tertiary/aromatic N) is 1. The Hall–Kier alpha value is -0.570. The van der Waals surface area contributed by atoms with Gasteiger partial charge in [0.1, 0.15) is 0 Å². The SMILES string of the molecule is CCCC(NC(C)CN(C)C)c1ccc(Cl)cc1. The van der Waals surface area contributed by atoms with Crippen molar-refractivity contribution in [2.45, 2.75) is 38.8 Å². The summed E-state index contributed by atoms with van der Waals surface area (Å²) in [7, 11) is 4.21. The van der Waals surface area contributed by atoms with Gasteiger partial charge in [-0.1, -0.05) is 37.1 Å². The Bertz CT molecular complexity index is 335. The van der Waals surface area contributed by atoms with Crippen molar-refractivity contribution in [2.75, 3.05) is 20.6 Å². The van der Waals surface area contributed by atoms with Crippen LogP contribution < -0.4 is 5.32 Å². The molecule has 2 unspecified atom stereocenters. The van der Waals surface area contributed by atoms with Gasteiger partial charge in [-0.3, -0.25) is 0 Å². The van der Waals surface area contributed by atoms with Crippen molar-refractivity contribution in [3.8, 4) is 0 Å². The minimum Gasteiger partial charge on any atom is -0.308 e. The van der Waals surface area contributed by atoms with Gasteiger partial charge in [0.2, 0.25) is 0 Å². The molecule has 0 aliphatic carbocycles. The average molecular weight is 269 g/mol. The van der Waals surface area contributed by atoms with Gasteiger partial charge in [0, 0.05) is 23.7 Å². The maximum Gasteiger partial charge on any atom is 0.0406 e. The average Bonchev–Trinajstić information content (AvgIpc) is 2.28. The first kappa shape index (κ1) is 15.5. The molecule has 0 aromatic heterocycles. The summed E-state index contributed by atoms with van der Waals surface area (Å²) in [5, 5.41) is 4.50. The summed E-state index contributed by atoms with van der Waals surface area (Å²) in [6.07, 6.45) is 2.33. The molecule has 1 aromatic carbocycles. The summed E-state index contributed by atoms with van der Waals surface area (Å²) in [5.41, 5.74) is 1.33. The van der Waals surface area contributed by atoms with Crippen LogP contribution in [0.2, 0.25) is 5.02 Å². The van der Waals surface area contributed by atoms with Gasteiger partial charge in [-0.05, 0) is 45.1 Å². The molecule has 1 N–H and O–H groups in total. The Morgan fingerprint density at radius 2 is 1.83 bits per heavy atom. The molecular formula is C15H25ClN2. The molecule has 0 bridgehead atoms. The zero-order valence-electron chi connectivity index (χ0n) is 11.9. The van der Waals surface area contributed by atoms with E-state index in [4.69, 9.17) is 11.6 Å². The van der Waals surface area contributed by atoms with Crippen LogP contribution in [0.25, 0.3) is 0 Å². The second-order valence-electron chi connectivity index (χ2n) is 5.22. The Morgan fingerprint density at radius 1 is 1.22 bits per heavy atom.